The molecule has 0 bridgehead atoms. The highest BCUT2D eigenvalue weighted by Gasteiger charge is 2.16. The molecule has 0 aliphatic carbocycles. The third-order valence-corrected chi connectivity index (χ3v) is 5.55. The van der Waals surface area contributed by atoms with Crippen LogP contribution in [0.5, 0.6) is 0 Å². The summed E-state index contributed by atoms with van der Waals surface area (Å²) in [4.78, 5) is 21.3. The number of carbonyl (C=O) groups excluding carboxylic acids is 1. The molecule has 3 aromatic rings. The molecule has 4 rings (SSSR count). The number of allylic oxidation sites excluding steroid dienone is 3. The number of fused-ring (bicyclic) bond motifs is 1. The van der Waals surface area contributed by atoms with Crippen LogP contribution < -0.4 is 16.0 Å². The van der Waals surface area contributed by atoms with Crippen LogP contribution >= 0.6 is 0 Å². The molecule has 1 aromatic carbocycles. The van der Waals surface area contributed by atoms with Crippen LogP contribution in [0.4, 0.5) is 11.5 Å². The largest absolute Gasteiger partial charge is 0.484 e. The summed E-state index contributed by atoms with van der Waals surface area (Å²) in [7, 11) is 0. The van der Waals surface area contributed by atoms with Crippen molar-refractivity contribution in [2.45, 2.75) is 25.8 Å². The number of benzene rings is 1. The third kappa shape index (κ3) is 5.87. The lowest BCUT2D eigenvalue weighted by atomic mass is 10.1. The van der Waals surface area contributed by atoms with Gasteiger partial charge in [0.15, 0.2) is 12.4 Å². The zero-order valence-corrected chi connectivity index (χ0v) is 19.2. The third-order valence-electron chi connectivity index (χ3n) is 5.55. The number of nitrogens with zero attached hydrogens (tertiary/aromatic N) is 3. The Morgan fingerprint density at radius 3 is 2.91 bits per heavy atom. The molecule has 1 saturated heterocycles. The molecular weight excluding hydrogens is 430 g/mol. The van der Waals surface area contributed by atoms with Gasteiger partial charge in [-0.1, -0.05) is 13.2 Å². The van der Waals surface area contributed by atoms with Gasteiger partial charge in [0.05, 0.1) is 11.7 Å². The predicted octanol–water partition coefficient (Wildman–Crippen LogP) is 3.37. The number of anilines is 2. The molecule has 1 amide bonds. The van der Waals surface area contributed by atoms with Crippen LogP contribution in [-0.2, 0) is 9.53 Å². The number of rotatable bonds is 9. The minimum atomic E-state index is -0.155. The second-order valence-corrected chi connectivity index (χ2v) is 8.18. The molecular formula is C25H29N7O2. The fourth-order valence-corrected chi connectivity index (χ4v) is 3.66. The summed E-state index contributed by atoms with van der Waals surface area (Å²) >= 11 is 0. The molecule has 176 valence electrons. The molecule has 2 aromatic heterocycles. The van der Waals surface area contributed by atoms with Crippen molar-refractivity contribution in [2.75, 3.05) is 25.0 Å². The van der Waals surface area contributed by atoms with Crippen molar-refractivity contribution in [1.29, 1.82) is 0 Å². The van der Waals surface area contributed by atoms with Gasteiger partial charge < -0.3 is 20.7 Å². The van der Waals surface area contributed by atoms with Gasteiger partial charge in [0.25, 0.3) is 5.91 Å². The normalized spacial score (nSPS) is 14.6. The predicted molar refractivity (Wildman–Crippen MR) is 133 cm³/mol. The van der Waals surface area contributed by atoms with Gasteiger partial charge in [-0.3, -0.25) is 9.89 Å². The van der Waals surface area contributed by atoms with Crippen molar-refractivity contribution in [3.63, 3.8) is 0 Å². The van der Waals surface area contributed by atoms with Gasteiger partial charge in [-0.2, -0.15) is 5.10 Å². The fourth-order valence-electron chi connectivity index (χ4n) is 3.66. The van der Waals surface area contributed by atoms with E-state index in [4.69, 9.17) is 4.74 Å². The Morgan fingerprint density at radius 1 is 1.29 bits per heavy atom. The number of aromatic nitrogens is 4. The molecule has 0 atom stereocenters. The maximum Gasteiger partial charge on any atom is 0.258 e. The summed E-state index contributed by atoms with van der Waals surface area (Å²) in [5.41, 5.74) is 3.29. The number of piperidine rings is 1. The van der Waals surface area contributed by atoms with Gasteiger partial charge in [0, 0.05) is 34.4 Å². The Hall–Kier alpha value is -3.98. The van der Waals surface area contributed by atoms with Gasteiger partial charge in [-0.15, -0.1) is 0 Å². The van der Waals surface area contributed by atoms with E-state index in [-0.39, 0.29) is 18.6 Å². The average molecular weight is 460 g/mol. The van der Waals surface area contributed by atoms with Crippen molar-refractivity contribution in [2.24, 2.45) is 0 Å². The lowest BCUT2D eigenvalue weighted by Crippen LogP contribution is -2.43. The monoisotopic (exact) mass is 459 g/mol. The van der Waals surface area contributed by atoms with Gasteiger partial charge in [-0.25, -0.2) is 9.97 Å². The van der Waals surface area contributed by atoms with Crippen LogP contribution in [0.3, 0.4) is 0 Å². The maximum absolute atomic E-state index is 12.2. The van der Waals surface area contributed by atoms with E-state index in [1.54, 1.807) is 18.5 Å². The number of ether oxygens (including phenoxy) is 1. The first kappa shape index (κ1) is 23.2. The van der Waals surface area contributed by atoms with Crippen LogP contribution in [0, 0.1) is 6.92 Å². The summed E-state index contributed by atoms with van der Waals surface area (Å²) in [6, 6.07) is 6.09. The van der Waals surface area contributed by atoms with E-state index >= 15 is 0 Å². The molecule has 9 nitrogen and oxygen atoms in total. The molecule has 3 heterocycles. The molecule has 0 unspecified atom stereocenters. The van der Waals surface area contributed by atoms with Crippen LogP contribution in [0.2, 0.25) is 0 Å². The molecule has 9 heteroatoms. The van der Waals surface area contributed by atoms with E-state index in [2.05, 4.69) is 49.3 Å². The van der Waals surface area contributed by atoms with Gasteiger partial charge in [0.1, 0.15) is 11.6 Å². The van der Waals surface area contributed by atoms with Gasteiger partial charge in [0.2, 0.25) is 0 Å². The number of hydrogen-bond donors (Lipinski definition) is 4. The van der Waals surface area contributed by atoms with Crippen LogP contribution in [0.25, 0.3) is 16.5 Å². The highest BCUT2D eigenvalue weighted by Crippen LogP contribution is 2.23. The van der Waals surface area contributed by atoms with Gasteiger partial charge in [-0.05, 0) is 63.2 Å². The Balaban J connectivity index is 1.40. The Morgan fingerprint density at radius 2 is 2.12 bits per heavy atom. The smallest absolute Gasteiger partial charge is 0.258 e. The summed E-state index contributed by atoms with van der Waals surface area (Å²) in [6.45, 7) is 11.5. The number of aryl methyl sites for hydroxylation is 1. The number of nitrogens with one attached hydrogen (secondary N) is 4. The van der Waals surface area contributed by atoms with E-state index < -0.39 is 0 Å². The molecule has 0 saturated carbocycles. The topological polar surface area (TPSA) is 117 Å². The van der Waals surface area contributed by atoms with E-state index in [0.29, 0.717) is 23.0 Å². The summed E-state index contributed by atoms with van der Waals surface area (Å²) in [6.07, 6.45) is 8.57. The summed E-state index contributed by atoms with van der Waals surface area (Å²) in [5, 5.41) is 17.6. The van der Waals surface area contributed by atoms with Crippen LogP contribution in [0.1, 0.15) is 24.2 Å². The first-order valence-corrected chi connectivity index (χ1v) is 11.2. The van der Waals surface area contributed by atoms with E-state index in [9.17, 15) is 4.79 Å². The van der Waals surface area contributed by atoms with Crippen molar-refractivity contribution in [3.8, 4) is 0 Å². The molecule has 4 N–H and O–H groups in total. The second-order valence-electron chi connectivity index (χ2n) is 8.18. The first-order chi connectivity index (χ1) is 16.5. The molecule has 1 aliphatic heterocycles. The molecule has 1 aliphatic rings. The average Bonchev–Trinajstić information content (AvgIpc) is 3.31. The molecule has 34 heavy (non-hydrogen) atoms. The molecule has 0 spiro atoms. The van der Waals surface area contributed by atoms with Gasteiger partial charge >= 0.3 is 0 Å². The summed E-state index contributed by atoms with van der Waals surface area (Å²) < 4.78 is 5.64. The van der Waals surface area contributed by atoms with Crippen molar-refractivity contribution in [3.05, 3.63) is 73.0 Å². The Labute approximate surface area is 198 Å². The lowest BCUT2D eigenvalue weighted by molar-refractivity contribution is -0.125. The van der Waals surface area contributed by atoms with E-state index in [1.165, 1.54) is 6.08 Å². The Kier molecular flexibility index (Phi) is 7.34. The van der Waals surface area contributed by atoms with Crippen molar-refractivity contribution in [1.82, 2.24) is 30.8 Å². The Bertz CT molecular complexity index is 1220. The minimum absolute atomic E-state index is 0.0902. The number of hydrogen-bond acceptors (Lipinski definition) is 7. The maximum atomic E-state index is 12.2. The zero-order chi connectivity index (χ0) is 23.9. The number of aromatic amines is 1. The number of carbonyl (C=O) groups is 1. The lowest BCUT2D eigenvalue weighted by Gasteiger charge is -2.23. The SMILES string of the molecule is C=C/C(=C\C(=C)c1ncc(C)c(Nc2ccc3[nH]ncc3c2)n1)OCC(=O)NC1CCNCC1. The van der Waals surface area contributed by atoms with Crippen molar-refractivity contribution >= 4 is 33.9 Å². The highest BCUT2D eigenvalue weighted by atomic mass is 16.5. The highest BCUT2D eigenvalue weighted by molar-refractivity contribution is 5.83. The molecule has 1 fully saturated rings. The second kappa shape index (κ2) is 10.8. The van der Waals surface area contributed by atoms with Crippen LogP contribution in [-0.4, -0.2) is 51.8 Å². The van der Waals surface area contributed by atoms with E-state index in [1.807, 2.05) is 25.1 Å². The standard InChI is InChI=1S/C25H29N7O2/c1-4-21(34-15-23(33)29-19-7-9-26-10-8-19)11-16(2)24-27-13-17(3)25(31-24)30-20-5-6-22-18(12-20)14-28-32-22/h4-6,11-14,19,26H,1-2,7-10,15H2,3H3,(H,28,32)(H,29,33)(H,27,30,31)/b21-11+. The van der Waals surface area contributed by atoms with Crippen molar-refractivity contribution < 1.29 is 9.53 Å². The van der Waals surface area contributed by atoms with Crippen LogP contribution in [0.15, 0.2) is 61.7 Å². The summed E-state index contributed by atoms with van der Waals surface area (Å²) in [5.74, 6) is 1.39. The molecule has 0 radical (unpaired) electrons. The first-order valence-electron chi connectivity index (χ1n) is 11.2. The van der Waals surface area contributed by atoms with E-state index in [0.717, 1.165) is 48.1 Å². The zero-order valence-electron chi connectivity index (χ0n) is 19.2. The number of H-pyrrole nitrogens is 1. The quantitative estimate of drug-likeness (QED) is 0.286. The fraction of sp³-hybridized carbons (Fsp3) is 0.280. The minimum Gasteiger partial charge on any atom is -0.484 e. The number of amides is 1.